The minimum atomic E-state index is 0.698. The van der Waals surface area contributed by atoms with Gasteiger partial charge in [0.2, 0.25) is 0 Å². The summed E-state index contributed by atoms with van der Waals surface area (Å²) in [5.74, 6) is 1.56. The topological polar surface area (TPSA) is 42.2 Å². The van der Waals surface area contributed by atoms with Crippen molar-refractivity contribution in [2.45, 2.75) is 20.3 Å². The number of hydrogen-bond donors (Lipinski definition) is 1. The Hall–Kier alpha value is -0.770. The fraction of sp³-hybridized carbons (Fsp3) is 0.545. The summed E-state index contributed by atoms with van der Waals surface area (Å²) in [6.45, 7) is 5.41. The molecule has 1 aromatic rings. The average molecular weight is 272 g/mol. The number of anilines is 2. The molecule has 4 heteroatoms. The van der Waals surface area contributed by atoms with Gasteiger partial charge in [-0.2, -0.15) is 0 Å². The van der Waals surface area contributed by atoms with Gasteiger partial charge in [-0.15, -0.1) is 0 Å². The number of pyridine rings is 1. The van der Waals surface area contributed by atoms with Crippen LogP contribution in [0.25, 0.3) is 0 Å². The highest BCUT2D eigenvalue weighted by atomic mass is 79.9. The molecule has 0 radical (unpaired) electrons. The Bertz CT molecular complexity index is 326. The monoisotopic (exact) mass is 271 g/mol. The number of aromatic nitrogens is 1. The van der Waals surface area contributed by atoms with Crippen molar-refractivity contribution >= 4 is 27.4 Å². The Morgan fingerprint density at radius 1 is 1.53 bits per heavy atom. The van der Waals surface area contributed by atoms with Gasteiger partial charge >= 0.3 is 0 Å². The lowest BCUT2D eigenvalue weighted by molar-refractivity contribution is 0.584. The van der Waals surface area contributed by atoms with Gasteiger partial charge in [0.25, 0.3) is 0 Å². The Balaban J connectivity index is 2.69. The Morgan fingerprint density at radius 3 is 2.73 bits per heavy atom. The summed E-state index contributed by atoms with van der Waals surface area (Å²) in [7, 11) is 2.02. The maximum absolute atomic E-state index is 5.89. The van der Waals surface area contributed by atoms with Crippen molar-refractivity contribution < 1.29 is 0 Å². The van der Waals surface area contributed by atoms with E-state index in [4.69, 9.17) is 5.73 Å². The van der Waals surface area contributed by atoms with Gasteiger partial charge in [0.05, 0.1) is 5.69 Å². The van der Waals surface area contributed by atoms with Crippen LogP contribution in [0.15, 0.2) is 16.7 Å². The molecule has 0 saturated carbocycles. The molecule has 3 nitrogen and oxygen atoms in total. The number of nitrogens with zero attached hydrogens (tertiary/aromatic N) is 2. The zero-order chi connectivity index (χ0) is 11.4. The number of nitrogens with two attached hydrogens (primary N) is 1. The summed E-state index contributed by atoms with van der Waals surface area (Å²) in [5, 5.41) is 0. The first-order valence-electron chi connectivity index (χ1n) is 5.13. The van der Waals surface area contributed by atoms with Gasteiger partial charge < -0.3 is 10.6 Å². The zero-order valence-corrected chi connectivity index (χ0v) is 11.1. The highest BCUT2D eigenvalue weighted by molar-refractivity contribution is 9.10. The maximum Gasteiger partial charge on any atom is 0.151 e. The first-order chi connectivity index (χ1) is 7.00. The van der Waals surface area contributed by atoms with Crippen molar-refractivity contribution in [3.63, 3.8) is 0 Å². The number of nitrogen functional groups attached to an aromatic ring is 1. The van der Waals surface area contributed by atoms with Crippen LogP contribution in [0.5, 0.6) is 0 Å². The average Bonchev–Trinajstić information content (AvgIpc) is 2.14. The van der Waals surface area contributed by atoms with E-state index in [1.54, 1.807) is 6.20 Å². The van der Waals surface area contributed by atoms with Crippen LogP contribution in [0.3, 0.4) is 0 Å². The van der Waals surface area contributed by atoms with Crippen LogP contribution in [-0.2, 0) is 0 Å². The predicted molar refractivity (Wildman–Crippen MR) is 69.1 cm³/mol. The van der Waals surface area contributed by atoms with E-state index in [9.17, 15) is 0 Å². The minimum absolute atomic E-state index is 0.698. The van der Waals surface area contributed by atoms with Crippen LogP contribution in [0, 0.1) is 5.92 Å². The van der Waals surface area contributed by atoms with Gasteiger partial charge in [-0.3, -0.25) is 0 Å². The smallest absolute Gasteiger partial charge is 0.151 e. The molecule has 0 bridgehead atoms. The Labute approximate surface area is 99.8 Å². The van der Waals surface area contributed by atoms with E-state index in [1.807, 2.05) is 13.1 Å². The van der Waals surface area contributed by atoms with Gasteiger partial charge in [-0.1, -0.05) is 13.8 Å². The van der Waals surface area contributed by atoms with E-state index >= 15 is 0 Å². The molecule has 0 aliphatic carbocycles. The van der Waals surface area contributed by atoms with Crippen LogP contribution in [0.2, 0.25) is 0 Å². The lowest BCUT2D eigenvalue weighted by atomic mass is 10.1. The van der Waals surface area contributed by atoms with Gasteiger partial charge in [-0.25, -0.2) is 4.98 Å². The molecule has 0 amide bonds. The zero-order valence-electron chi connectivity index (χ0n) is 9.50. The second-order valence-corrected chi connectivity index (χ2v) is 5.09. The van der Waals surface area contributed by atoms with Gasteiger partial charge in [0.15, 0.2) is 5.82 Å². The quantitative estimate of drug-likeness (QED) is 0.916. The largest absolute Gasteiger partial charge is 0.396 e. The third kappa shape index (κ3) is 3.70. The van der Waals surface area contributed by atoms with Crippen molar-refractivity contribution in [2.75, 3.05) is 24.2 Å². The summed E-state index contributed by atoms with van der Waals surface area (Å²) in [6, 6.07) is 1.88. The van der Waals surface area contributed by atoms with E-state index in [-0.39, 0.29) is 0 Å². The van der Waals surface area contributed by atoms with Crippen LogP contribution in [-0.4, -0.2) is 18.6 Å². The molecule has 1 heterocycles. The van der Waals surface area contributed by atoms with Crippen molar-refractivity contribution in [2.24, 2.45) is 5.92 Å². The summed E-state index contributed by atoms with van der Waals surface area (Å²) in [4.78, 5) is 6.41. The minimum Gasteiger partial charge on any atom is -0.396 e. The summed E-state index contributed by atoms with van der Waals surface area (Å²) in [5.41, 5.74) is 6.61. The van der Waals surface area contributed by atoms with Crippen LogP contribution >= 0.6 is 15.9 Å². The molecule has 0 aliphatic rings. The second kappa shape index (κ2) is 5.35. The van der Waals surface area contributed by atoms with E-state index in [1.165, 1.54) is 0 Å². The SMILES string of the molecule is CC(C)CCN(C)c1ncc(Br)cc1N. The molecule has 0 fully saturated rings. The van der Waals surface area contributed by atoms with Crippen molar-refractivity contribution in [3.05, 3.63) is 16.7 Å². The highest BCUT2D eigenvalue weighted by Gasteiger charge is 2.07. The van der Waals surface area contributed by atoms with Crippen LogP contribution in [0.1, 0.15) is 20.3 Å². The molecule has 15 heavy (non-hydrogen) atoms. The number of rotatable bonds is 4. The number of hydrogen-bond acceptors (Lipinski definition) is 3. The molecule has 0 aromatic carbocycles. The molecule has 0 saturated heterocycles. The molecule has 84 valence electrons. The molecule has 1 rings (SSSR count). The number of halogens is 1. The fourth-order valence-electron chi connectivity index (χ4n) is 1.32. The van der Waals surface area contributed by atoms with Gasteiger partial charge in [-0.05, 0) is 34.3 Å². The molecule has 2 N–H and O–H groups in total. The van der Waals surface area contributed by atoms with Crippen molar-refractivity contribution in [1.82, 2.24) is 4.98 Å². The Kier molecular flexibility index (Phi) is 4.39. The first-order valence-corrected chi connectivity index (χ1v) is 5.92. The van der Waals surface area contributed by atoms with Crippen molar-refractivity contribution in [3.8, 4) is 0 Å². The van der Waals surface area contributed by atoms with E-state index in [0.717, 1.165) is 28.9 Å². The van der Waals surface area contributed by atoms with Gasteiger partial charge in [0.1, 0.15) is 0 Å². The predicted octanol–water partition coefficient (Wildman–Crippen LogP) is 2.91. The van der Waals surface area contributed by atoms with Gasteiger partial charge in [0, 0.05) is 24.3 Å². The normalized spacial score (nSPS) is 10.7. The lowest BCUT2D eigenvalue weighted by Gasteiger charge is -2.20. The lowest BCUT2D eigenvalue weighted by Crippen LogP contribution is -2.22. The first kappa shape index (κ1) is 12.3. The molecular formula is C11H18BrN3. The van der Waals surface area contributed by atoms with E-state index in [0.29, 0.717) is 5.92 Å². The van der Waals surface area contributed by atoms with E-state index in [2.05, 4.69) is 39.7 Å². The Morgan fingerprint density at radius 2 is 2.20 bits per heavy atom. The van der Waals surface area contributed by atoms with Crippen molar-refractivity contribution in [1.29, 1.82) is 0 Å². The molecular weight excluding hydrogens is 254 g/mol. The van der Waals surface area contributed by atoms with Crippen LogP contribution < -0.4 is 10.6 Å². The molecule has 0 spiro atoms. The molecule has 0 unspecified atom stereocenters. The highest BCUT2D eigenvalue weighted by Crippen LogP contribution is 2.23. The molecule has 0 atom stereocenters. The van der Waals surface area contributed by atoms with E-state index < -0.39 is 0 Å². The van der Waals surface area contributed by atoms with Crippen LogP contribution in [0.4, 0.5) is 11.5 Å². The maximum atomic E-state index is 5.89. The second-order valence-electron chi connectivity index (χ2n) is 4.17. The third-order valence-electron chi connectivity index (χ3n) is 2.27. The summed E-state index contributed by atoms with van der Waals surface area (Å²) < 4.78 is 0.918. The summed E-state index contributed by atoms with van der Waals surface area (Å²) >= 11 is 3.35. The standard InChI is InChI=1S/C11H18BrN3/c1-8(2)4-5-15(3)11-10(13)6-9(12)7-14-11/h6-8H,4-5,13H2,1-3H3. The fourth-order valence-corrected chi connectivity index (χ4v) is 1.67. The molecule has 0 aliphatic heterocycles. The third-order valence-corrected chi connectivity index (χ3v) is 2.70. The molecule has 1 aromatic heterocycles. The summed E-state index contributed by atoms with van der Waals surface area (Å²) in [6.07, 6.45) is 2.92.